The molecular weight excluding hydrogens is 435 g/mol. The van der Waals surface area contributed by atoms with Crippen molar-refractivity contribution in [3.8, 4) is 0 Å². The van der Waals surface area contributed by atoms with Crippen LogP contribution in [0.4, 0.5) is 18.9 Å². The van der Waals surface area contributed by atoms with Crippen LogP contribution in [0.2, 0.25) is 5.02 Å². The van der Waals surface area contributed by atoms with Crippen molar-refractivity contribution < 1.29 is 22.8 Å². The zero-order valence-electron chi connectivity index (χ0n) is 16.7. The summed E-state index contributed by atoms with van der Waals surface area (Å²) in [6, 6.07) is 8.19. The van der Waals surface area contributed by atoms with Gasteiger partial charge in [0.05, 0.1) is 25.2 Å². The molecule has 2 rings (SSSR count). The molecule has 0 heterocycles. The van der Waals surface area contributed by atoms with E-state index in [1.807, 2.05) is 0 Å². The lowest BCUT2D eigenvalue weighted by atomic mass is 10.0. The van der Waals surface area contributed by atoms with Crippen molar-refractivity contribution in [1.29, 1.82) is 0 Å². The average molecular weight is 458 g/mol. The summed E-state index contributed by atoms with van der Waals surface area (Å²) in [6.45, 7) is 0.893. The normalized spacial score (nSPS) is 11.0. The lowest BCUT2D eigenvalue weighted by Crippen LogP contribution is -2.30. The summed E-state index contributed by atoms with van der Waals surface area (Å²) < 4.78 is 43.8. The molecule has 1 amide bonds. The molecule has 6 N–H and O–H groups in total. The number of nitrogens with one attached hydrogen (secondary N) is 2. The van der Waals surface area contributed by atoms with Crippen LogP contribution in [0, 0.1) is 12.7 Å². The van der Waals surface area contributed by atoms with Crippen molar-refractivity contribution in [3.05, 3.63) is 63.9 Å². The molecule has 2 aromatic rings. The number of amides is 1. The summed E-state index contributed by atoms with van der Waals surface area (Å²) in [5.41, 5.74) is 10.4. The lowest BCUT2D eigenvalue weighted by molar-refractivity contribution is -0.120. The van der Waals surface area contributed by atoms with Crippen LogP contribution in [0.25, 0.3) is 0 Å². The number of rotatable bonds is 10. The van der Waals surface area contributed by atoms with Crippen molar-refractivity contribution in [1.82, 2.24) is 5.32 Å². The molecule has 0 spiro atoms. The largest absolute Gasteiger partial charge is 0.391 e. The van der Waals surface area contributed by atoms with E-state index in [4.69, 9.17) is 27.9 Å². The van der Waals surface area contributed by atoms with E-state index in [0.29, 0.717) is 5.56 Å². The molecule has 0 saturated carbocycles. The Morgan fingerprint density at radius 2 is 2.00 bits per heavy atom. The quantitative estimate of drug-likeness (QED) is 0.189. The summed E-state index contributed by atoms with van der Waals surface area (Å²) in [7, 11) is 0. The van der Waals surface area contributed by atoms with Crippen LogP contribution < -0.4 is 22.1 Å². The predicted octanol–water partition coefficient (Wildman–Crippen LogP) is 2.86. The second-order valence-corrected chi connectivity index (χ2v) is 7.10. The molecular formula is C20H23ClF3N5O2. The van der Waals surface area contributed by atoms with Gasteiger partial charge in [0.15, 0.2) is 0 Å². The number of guanidine groups is 1. The summed E-state index contributed by atoms with van der Waals surface area (Å²) in [5, 5.41) is 8.42. The number of halogens is 4. The van der Waals surface area contributed by atoms with Crippen LogP contribution in [-0.2, 0) is 22.0 Å². The van der Waals surface area contributed by atoms with Gasteiger partial charge in [0.2, 0.25) is 11.9 Å². The number of alkyl halides is 2. The van der Waals surface area contributed by atoms with Crippen molar-refractivity contribution in [3.63, 3.8) is 0 Å². The van der Waals surface area contributed by atoms with Gasteiger partial charge in [-0.25, -0.2) is 4.39 Å². The minimum Gasteiger partial charge on any atom is -0.391 e. The molecule has 31 heavy (non-hydrogen) atoms. The van der Waals surface area contributed by atoms with Gasteiger partial charge in [-0.3, -0.25) is 4.79 Å². The van der Waals surface area contributed by atoms with Crippen molar-refractivity contribution in [2.45, 2.75) is 19.3 Å². The van der Waals surface area contributed by atoms with Gasteiger partial charge < -0.3 is 26.9 Å². The fourth-order valence-corrected chi connectivity index (χ4v) is 2.87. The minimum absolute atomic E-state index is 0.0191. The van der Waals surface area contributed by atoms with Gasteiger partial charge in [0.1, 0.15) is 12.4 Å². The SMILES string of the molecule is Cc1ccc(NCC(F)(F)c2cccc(Cl)c2)c(F)c1CC(=O)NCCON=C(N)N. The van der Waals surface area contributed by atoms with E-state index >= 15 is 0 Å². The van der Waals surface area contributed by atoms with Crippen LogP contribution in [0.1, 0.15) is 16.7 Å². The molecule has 0 bridgehead atoms. The third-order valence-corrected chi connectivity index (χ3v) is 4.48. The molecule has 7 nitrogen and oxygen atoms in total. The van der Waals surface area contributed by atoms with Gasteiger partial charge in [-0.2, -0.15) is 8.78 Å². The number of hydrogen-bond donors (Lipinski definition) is 4. The minimum atomic E-state index is -3.28. The number of aryl methyl sites for hydroxylation is 1. The van der Waals surface area contributed by atoms with Gasteiger partial charge in [0.25, 0.3) is 5.92 Å². The van der Waals surface area contributed by atoms with E-state index in [0.717, 1.165) is 6.07 Å². The maximum Gasteiger partial charge on any atom is 0.290 e. The van der Waals surface area contributed by atoms with E-state index in [1.54, 1.807) is 13.0 Å². The molecule has 0 aliphatic carbocycles. The molecule has 11 heteroatoms. The fraction of sp³-hybridized carbons (Fsp3) is 0.300. The van der Waals surface area contributed by atoms with Gasteiger partial charge in [-0.15, -0.1) is 0 Å². The van der Waals surface area contributed by atoms with E-state index in [2.05, 4.69) is 15.8 Å². The Balaban J connectivity index is 2.01. The van der Waals surface area contributed by atoms with E-state index in [9.17, 15) is 18.0 Å². The second kappa shape index (κ2) is 10.8. The van der Waals surface area contributed by atoms with Crippen LogP contribution in [0.15, 0.2) is 41.6 Å². The van der Waals surface area contributed by atoms with Gasteiger partial charge in [0, 0.05) is 16.1 Å². The summed E-state index contributed by atoms with van der Waals surface area (Å²) in [5.74, 6) is -4.78. The van der Waals surface area contributed by atoms with Gasteiger partial charge in [-0.05, 0) is 35.8 Å². The second-order valence-electron chi connectivity index (χ2n) is 6.67. The lowest BCUT2D eigenvalue weighted by Gasteiger charge is -2.20. The summed E-state index contributed by atoms with van der Waals surface area (Å²) in [4.78, 5) is 16.8. The zero-order valence-corrected chi connectivity index (χ0v) is 17.5. The first-order valence-electron chi connectivity index (χ1n) is 9.23. The summed E-state index contributed by atoms with van der Waals surface area (Å²) in [6.07, 6.45) is -0.278. The van der Waals surface area contributed by atoms with Gasteiger partial charge in [-0.1, -0.05) is 29.8 Å². The molecule has 0 radical (unpaired) electrons. The third-order valence-electron chi connectivity index (χ3n) is 4.25. The predicted molar refractivity (Wildman–Crippen MR) is 113 cm³/mol. The molecule has 0 aliphatic heterocycles. The molecule has 168 valence electrons. The smallest absolute Gasteiger partial charge is 0.290 e. The number of hydrogen-bond acceptors (Lipinski definition) is 4. The maximum absolute atomic E-state index is 14.9. The highest BCUT2D eigenvalue weighted by molar-refractivity contribution is 6.30. The molecule has 0 aromatic heterocycles. The first-order chi connectivity index (χ1) is 14.6. The molecule has 0 atom stereocenters. The Morgan fingerprint density at radius 3 is 2.68 bits per heavy atom. The number of carbonyl (C=O) groups is 1. The number of nitrogens with zero attached hydrogens (tertiary/aromatic N) is 1. The van der Waals surface area contributed by atoms with E-state index in [1.165, 1.54) is 24.3 Å². The highest BCUT2D eigenvalue weighted by atomic mass is 35.5. The van der Waals surface area contributed by atoms with Crippen LogP contribution in [0.3, 0.4) is 0 Å². The topological polar surface area (TPSA) is 115 Å². The van der Waals surface area contributed by atoms with E-state index in [-0.39, 0.29) is 47.4 Å². The van der Waals surface area contributed by atoms with Crippen molar-refractivity contribution >= 4 is 29.2 Å². The molecule has 0 aliphatic rings. The molecule has 0 fully saturated rings. The van der Waals surface area contributed by atoms with Gasteiger partial charge >= 0.3 is 0 Å². The average Bonchev–Trinajstić information content (AvgIpc) is 2.70. The number of anilines is 1. The maximum atomic E-state index is 14.9. The first kappa shape index (κ1) is 24.1. The Morgan fingerprint density at radius 1 is 1.26 bits per heavy atom. The Labute approximate surface area is 182 Å². The molecule has 0 unspecified atom stereocenters. The fourth-order valence-electron chi connectivity index (χ4n) is 2.67. The highest BCUT2D eigenvalue weighted by Gasteiger charge is 2.32. The van der Waals surface area contributed by atoms with Crippen LogP contribution in [-0.4, -0.2) is 31.6 Å². The Hall–Kier alpha value is -3.14. The highest BCUT2D eigenvalue weighted by Crippen LogP contribution is 2.31. The number of carbonyl (C=O) groups excluding carboxylic acids is 1. The zero-order chi connectivity index (χ0) is 23.0. The molecule has 0 saturated heterocycles. The molecule has 2 aromatic carbocycles. The van der Waals surface area contributed by atoms with Crippen molar-refractivity contribution in [2.24, 2.45) is 16.6 Å². The number of benzene rings is 2. The number of oxime groups is 1. The van der Waals surface area contributed by atoms with Crippen LogP contribution in [0.5, 0.6) is 0 Å². The Bertz CT molecular complexity index is 952. The standard InChI is InChI=1S/C20H23ClF3N5O2/c1-12-5-6-16(28-11-20(23,24)13-3-2-4-14(21)9-13)18(22)15(12)10-17(30)27-7-8-31-29-19(25)26/h2-6,9,28H,7-8,10-11H2,1H3,(H,27,30)(H4,25,26,29). The van der Waals surface area contributed by atoms with E-state index < -0.39 is 24.2 Å². The van der Waals surface area contributed by atoms with Crippen LogP contribution >= 0.6 is 11.6 Å². The number of nitrogens with two attached hydrogens (primary N) is 2. The summed E-state index contributed by atoms with van der Waals surface area (Å²) >= 11 is 5.77. The first-order valence-corrected chi connectivity index (χ1v) is 9.61. The monoisotopic (exact) mass is 457 g/mol. The third kappa shape index (κ3) is 7.25. The van der Waals surface area contributed by atoms with Crippen molar-refractivity contribution in [2.75, 3.05) is 25.0 Å². The Kier molecular flexibility index (Phi) is 8.38.